The Morgan fingerprint density at radius 1 is 0.893 bits per heavy atom. The van der Waals surface area contributed by atoms with Crippen LogP contribution in [-0.2, 0) is 4.74 Å². The summed E-state index contributed by atoms with van der Waals surface area (Å²) in [6, 6.07) is 13.8. The molecule has 0 aliphatic heterocycles. The van der Waals surface area contributed by atoms with E-state index >= 15 is 0 Å². The number of carboxylic acids is 1. The van der Waals surface area contributed by atoms with E-state index in [2.05, 4.69) is 5.32 Å². The average molecular weight is 381 g/mol. The minimum Gasteiger partial charge on any atom is -0.478 e. The molecule has 0 radical (unpaired) electrons. The van der Waals surface area contributed by atoms with Crippen molar-refractivity contribution in [2.75, 3.05) is 13.2 Å². The zero-order valence-corrected chi connectivity index (χ0v) is 16.0. The lowest BCUT2D eigenvalue weighted by Crippen LogP contribution is -2.29. The zero-order valence-electron chi connectivity index (χ0n) is 16.0. The van der Waals surface area contributed by atoms with E-state index in [4.69, 9.17) is 4.74 Å². The summed E-state index contributed by atoms with van der Waals surface area (Å²) in [5, 5.41) is 12.4. The van der Waals surface area contributed by atoms with Crippen molar-refractivity contribution in [1.29, 1.82) is 0 Å². The van der Waals surface area contributed by atoms with Crippen molar-refractivity contribution in [1.82, 2.24) is 5.32 Å². The highest BCUT2D eigenvalue weighted by molar-refractivity contribution is 6.04. The second-order valence-electron chi connectivity index (χ2n) is 7.14. The van der Waals surface area contributed by atoms with Crippen molar-refractivity contribution in [3.63, 3.8) is 0 Å². The minimum absolute atomic E-state index is 0.180. The summed E-state index contributed by atoms with van der Waals surface area (Å²) >= 11 is 0. The zero-order chi connectivity index (χ0) is 19.8. The molecule has 0 bridgehead atoms. The molecule has 5 heteroatoms. The van der Waals surface area contributed by atoms with E-state index in [1.54, 1.807) is 48.5 Å². The van der Waals surface area contributed by atoms with Crippen molar-refractivity contribution in [3.05, 3.63) is 59.7 Å². The fourth-order valence-electron chi connectivity index (χ4n) is 3.71. The maximum Gasteiger partial charge on any atom is 0.336 e. The molecule has 148 valence electrons. The average Bonchev–Trinajstić information content (AvgIpc) is 3.00. The Balaban J connectivity index is 1.64. The lowest BCUT2D eigenvalue weighted by Gasteiger charge is -2.16. The summed E-state index contributed by atoms with van der Waals surface area (Å²) < 4.78 is 5.92. The van der Waals surface area contributed by atoms with Gasteiger partial charge >= 0.3 is 5.97 Å². The molecule has 0 heterocycles. The monoisotopic (exact) mass is 381 g/mol. The van der Waals surface area contributed by atoms with Crippen LogP contribution in [0.4, 0.5) is 0 Å². The molecule has 1 aliphatic rings. The number of rotatable bonds is 7. The van der Waals surface area contributed by atoms with Gasteiger partial charge in [0.1, 0.15) is 0 Å². The van der Waals surface area contributed by atoms with Crippen LogP contribution >= 0.6 is 0 Å². The number of benzene rings is 2. The Kier molecular flexibility index (Phi) is 7.20. The molecule has 0 unspecified atom stereocenters. The first-order valence-electron chi connectivity index (χ1n) is 9.98. The molecule has 2 aromatic carbocycles. The van der Waals surface area contributed by atoms with Gasteiger partial charge in [0.2, 0.25) is 0 Å². The summed E-state index contributed by atoms with van der Waals surface area (Å²) in [6.07, 6.45) is 7.50. The van der Waals surface area contributed by atoms with Crippen molar-refractivity contribution in [2.45, 2.75) is 44.6 Å². The van der Waals surface area contributed by atoms with Gasteiger partial charge in [-0.1, -0.05) is 62.1 Å². The number of nitrogens with one attached hydrogen (secondary N) is 1. The van der Waals surface area contributed by atoms with E-state index in [1.165, 1.54) is 25.7 Å². The highest BCUT2D eigenvalue weighted by atomic mass is 16.5. The van der Waals surface area contributed by atoms with E-state index in [0.29, 0.717) is 35.9 Å². The highest BCUT2D eigenvalue weighted by Gasteiger charge is 2.17. The predicted molar refractivity (Wildman–Crippen MR) is 109 cm³/mol. The maximum atomic E-state index is 12.7. The van der Waals surface area contributed by atoms with E-state index in [-0.39, 0.29) is 11.5 Å². The van der Waals surface area contributed by atoms with E-state index in [1.807, 2.05) is 0 Å². The quantitative estimate of drug-likeness (QED) is 0.546. The van der Waals surface area contributed by atoms with Crippen LogP contribution in [0.15, 0.2) is 48.5 Å². The molecular formula is C23H27NO4. The maximum absolute atomic E-state index is 12.7. The molecule has 1 fully saturated rings. The van der Waals surface area contributed by atoms with Gasteiger partial charge < -0.3 is 15.2 Å². The summed E-state index contributed by atoms with van der Waals surface area (Å²) in [7, 11) is 0. The van der Waals surface area contributed by atoms with Crippen molar-refractivity contribution >= 4 is 11.9 Å². The van der Waals surface area contributed by atoms with Gasteiger partial charge in [-0.25, -0.2) is 4.79 Å². The molecule has 5 nitrogen and oxygen atoms in total. The van der Waals surface area contributed by atoms with Crippen molar-refractivity contribution < 1.29 is 19.4 Å². The molecule has 28 heavy (non-hydrogen) atoms. The minimum atomic E-state index is -1.01. The lowest BCUT2D eigenvalue weighted by atomic mass is 9.95. The molecule has 0 spiro atoms. The highest BCUT2D eigenvalue weighted by Crippen LogP contribution is 2.27. The summed E-state index contributed by atoms with van der Waals surface area (Å²) in [5.41, 5.74) is 1.79. The first-order chi connectivity index (χ1) is 13.7. The standard InChI is InChI=1S/C23H27NO4/c25-22(24-15-16-28-17-9-3-1-2-4-10-17)20-13-7-5-11-18(20)19-12-6-8-14-21(19)23(26)27/h5-8,11-14,17H,1-4,9-10,15-16H2,(H,24,25)(H,26,27). The number of aromatic carboxylic acids is 1. The number of carboxylic acid groups (broad SMARTS) is 1. The van der Waals surface area contributed by atoms with Gasteiger partial charge in [0, 0.05) is 12.1 Å². The lowest BCUT2D eigenvalue weighted by molar-refractivity contribution is 0.0442. The summed E-state index contributed by atoms with van der Waals surface area (Å²) in [6.45, 7) is 0.925. The number of hydrogen-bond acceptors (Lipinski definition) is 3. The third-order valence-electron chi connectivity index (χ3n) is 5.16. The Hall–Kier alpha value is -2.66. The largest absolute Gasteiger partial charge is 0.478 e. The number of carbonyl (C=O) groups excluding carboxylic acids is 1. The Labute approximate surface area is 165 Å². The van der Waals surface area contributed by atoms with Crippen LogP contribution < -0.4 is 5.32 Å². The van der Waals surface area contributed by atoms with Gasteiger partial charge in [-0.05, 0) is 36.1 Å². The van der Waals surface area contributed by atoms with Gasteiger partial charge in [-0.3, -0.25) is 4.79 Å². The molecule has 2 aromatic rings. The van der Waals surface area contributed by atoms with Crippen LogP contribution in [0.2, 0.25) is 0 Å². The topological polar surface area (TPSA) is 75.6 Å². The van der Waals surface area contributed by atoms with Crippen LogP contribution in [0, 0.1) is 0 Å². The molecule has 0 aromatic heterocycles. The predicted octanol–water partition coefficient (Wildman–Crippen LogP) is 4.52. The van der Waals surface area contributed by atoms with Gasteiger partial charge in [0.25, 0.3) is 5.91 Å². The smallest absolute Gasteiger partial charge is 0.336 e. The first kappa shape index (κ1) is 20.1. The van der Waals surface area contributed by atoms with Gasteiger partial charge in [-0.2, -0.15) is 0 Å². The molecule has 3 rings (SSSR count). The molecular weight excluding hydrogens is 354 g/mol. The van der Waals surface area contributed by atoms with Crippen LogP contribution in [0.3, 0.4) is 0 Å². The van der Waals surface area contributed by atoms with Crippen molar-refractivity contribution in [3.8, 4) is 11.1 Å². The second-order valence-corrected chi connectivity index (χ2v) is 7.14. The van der Waals surface area contributed by atoms with E-state index in [9.17, 15) is 14.7 Å². The fourth-order valence-corrected chi connectivity index (χ4v) is 3.71. The molecule has 0 atom stereocenters. The third kappa shape index (κ3) is 5.20. The summed E-state index contributed by atoms with van der Waals surface area (Å²) in [4.78, 5) is 24.3. The van der Waals surface area contributed by atoms with Crippen LogP contribution in [0.5, 0.6) is 0 Å². The van der Waals surface area contributed by atoms with Gasteiger partial charge in [-0.15, -0.1) is 0 Å². The fraction of sp³-hybridized carbons (Fsp3) is 0.391. The molecule has 2 N–H and O–H groups in total. The van der Waals surface area contributed by atoms with Crippen LogP contribution in [0.25, 0.3) is 11.1 Å². The van der Waals surface area contributed by atoms with Crippen LogP contribution in [-0.4, -0.2) is 36.2 Å². The second kappa shape index (κ2) is 10.0. The van der Waals surface area contributed by atoms with E-state index in [0.717, 1.165) is 12.8 Å². The Morgan fingerprint density at radius 2 is 1.46 bits per heavy atom. The molecule has 1 saturated carbocycles. The Bertz CT molecular complexity index is 810. The number of ether oxygens (including phenoxy) is 1. The van der Waals surface area contributed by atoms with Crippen molar-refractivity contribution in [2.24, 2.45) is 0 Å². The Morgan fingerprint density at radius 3 is 2.11 bits per heavy atom. The number of amides is 1. The van der Waals surface area contributed by atoms with E-state index < -0.39 is 5.97 Å². The first-order valence-corrected chi connectivity index (χ1v) is 9.98. The number of carbonyl (C=O) groups is 2. The number of hydrogen-bond donors (Lipinski definition) is 2. The molecule has 0 saturated heterocycles. The van der Waals surface area contributed by atoms with Crippen LogP contribution in [0.1, 0.15) is 59.2 Å². The van der Waals surface area contributed by atoms with Gasteiger partial charge in [0.05, 0.1) is 18.3 Å². The SMILES string of the molecule is O=C(O)c1ccccc1-c1ccccc1C(=O)NCCOC1CCCCCC1. The molecule has 1 amide bonds. The van der Waals surface area contributed by atoms with Gasteiger partial charge in [0.15, 0.2) is 0 Å². The third-order valence-corrected chi connectivity index (χ3v) is 5.16. The molecule has 1 aliphatic carbocycles. The summed E-state index contributed by atoms with van der Waals surface area (Å²) in [5.74, 6) is -1.23. The normalized spacial score (nSPS) is 15.0.